The zero-order valence-corrected chi connectivity index (χ0v) is 15.8. The average molecular weight is 364 g/mol. The predicted octanol–water partition coefficient (Wildman–Crippen LogP) is 4.56. The Morgan fingerprint density at radius 1 is 0.963 bits per heavy atom. The van der Waals surface area contributed by atoms with E-state index in [-0.39, 0.29) is 11.9 Å². The molecule has 0 saturated carbocycles. The summed E-state index contributed by atoms with van der Waals surface area (Å²) in [6.45, 7) is 0. The summed E-state index contributed by atoms with van der Waals surface area (Å²) in [5.41, 5.74) is 6.57. The van der Waals surface area contributed by atoms with Crippen LogP contribution in [0.15, 0.2) is 54.1 Å². The van der Waals surface area contributed by atoms with Gasteiger partial charge in [0.1, 0.15) is 0 Å². The Labute approximate surface area is 159 Å². The van der Waals surface area contributed by atoms with E-state index in [2.05, 4.69) is 18.2 Å². The minimum absolute atomic E-state index is 0.180. The van der Waals surface area contributed by atoms with Gasteiger partial charge >= 0.3 is 11.9 Å². The number of carbonyl (C=O) groups excluding carboxylic acids is 2. The molecule has 27 heavy (non-hydrogen) atoms. The lowest BCUT2D eigenvalue weighted by Gasteiger charge is -2.24. The zero-order chi connectivity index (χ0) is 19.2. The molecule has 0 atom stereocenters. The van der Waals surface area contributed by atoms with E-state index in [4.69, 9.17) is 9.47 Å². The normalized spacial score (nSPS) is 13.1. The van der Waals surface area contributed by atoms with Crippen LogP contribution < -0.4 is 0 Å². The van der Waals surface area contributed by atoms with E-state index in [9.17, 15) is 9.59 Å². The van der Waals surface area contributed by atoms with Gasteiger partial charge in [-0.3, -0.25) is 4.79 Å². The summed E-state index contributed by atoms with van der Waals surface area (Å²) in [5.74, 6) is -0.519. The maximum absolute atomic E-state index is 12.0. The van der Waals surface area contributed by atoms with E-state index in [1.165, 1.54) is 36.5 Å². The molecule has 1 aliphatic carbocycles. The van der Waals surface area contributed by atoms with E-state index < -0.39 is 0 Å². The molecule has 0 spiro atoms. The molecule has 0 bridgehead atoms. The third-order valence-corrected chi connectivity index (χ3v) is 5.00. The summed E-state index contributed by atoms with van der Waals surface area (Å²) < 4.78 is 9.63. The first-order chi connectivity index (χ1) is 13.1. The second kappa shape index (κ2) is 8.67. The van der Waals surface area contributed by atoms with Crippen LogP contribution >= 0.6 is 0 Å². The molecule has 0 heterocycles. The quantitative estimate of drug-likeness (QED) is 0.705. The monoisotopic (exact) mass is 364 g/mol. The first kappa shape index (κ1) is 18.9. The topological polar surface area (TPSA) is 52.6 Å². The average Bonchev–Trinajstić information content (AvgIpc) is 2.72. The summed E-state index contributed by atoms with van der Waals surface area (Å²) in [6, 6.07) is 16.0. The summed E-state index contributed by atoms with van der Waals surface area (Å²) in [7, 11) is 2.81. The molecular formula is C23H24O4. The number of ether oxygens (including phenoxy) is 2. The highest BCUT2D eigenvalue weighted by Gasteiger charge is 2.21. The van der Waals surface area contributed by atoms with Crippen LogP contribution in [0.3, 0.4) is 0 Å². The number of carbonyl (C=O) groups is 2. The molecule has 0 aromatic heterocycles. The smallest absolute Gasteiger partial charge is 0.337 e. The van der Waals surface area contributed by atoms with Gasteiger partial charge in [0.05, 0.1) is 19.8 Å². The summed E-state index contributed by atoms with van der Waals surface area (Å²) in [5, 5.41) is 0. The molecule has 4 nitrogen and oxygen atoms in total. The molecule has 0 N–H and O–H groups in total. The molecule has 0 aliphatic heterocycles. The van der Waals surface area contributed by atoms with Gasteiger partial charge in [-0.05, 0) is 60.1 Å². The molecule has 4 heteroatoms. The lowest BCUT2D eigenvalue weighted by Crippen LogP contribution is -2.08. The second-order valence-corrected chi connectivity index (χ2v) is 6.64. The third kappa shape index (κ3) is 4.27. The van der Waals surface area contributed by atoms with E-state index in [1.807, 2.05) is 24.3 Å². The highest BCUT2D eigenvalue weighted by Crippen LogP contribution is 2.38. The molecule has 0 radical (unpaired) electrons. The van der Waals surface area contributed by atoms with Gasteiger partial charge in [-0.25, -0.2) is 4.79 Å². The molecule has 2 aromatic rings. The first-order valence-corrected chi connectivity index (χ1v) is 9.20. The number of fused-ring (bicyclic) bond motifs is 1. The number of allylic oxidation sites excluding steroid dienone is 1. The molecule has 1 aliphatic rings. The van der Waals surface area contributed by atoms with Crippen LogP contribution in [0, 0.1) is 0 Å². The van der Waals surface area contributed by atoms with Crippen LogP contribution in [-0.2, 0) is 20.7 Å². The van der Waals surface area contributed by atoms with Crippen LogP contribution in [-0.4, -0.2) is 26.2 Å². The van der Waals surface area contributed by atoms with Crippen molar-refractivity contribution < 1.29 is 19.1 Å². The van der Waals surface area contributed by atoms with Gasteiger partial charge in [-0.15, -0.1) is 0 Å². The Bertz CT molecular complexity index is 879. The van der Waals surface area contributed by atoms with Crippen molar-refractivity contribution in [2.45, 2.75) is 32.1 Å². The van der Waals surface area contributed by atoms with Crippen molar-refractivity contribution in [2.75, 3.05) is 14.2 Å². The van der Waals surface area contributed by atoms with Gasteiger partial charge in [-0.2, -0.15) is 0 Å². The number of benzene rings is 2. The van der Waals surface area contributed by atoms with Crippen molar-refractivity contribution in [1.29, 1.82) is 0 Å². The zero-order valence-electron chi connectivity index (χ0n) is 15.8. The molecular weight excluding hydrogens is 340 g/mol. The van der Waals surface area contributed by atoms with Gasteiger partial charge < -0.3 is 9.47 Å². The fourth-order valence-corrected chi connectivity index (χ4v) is 3.66. The second-order valence-electron chi connectivity index (χ2n) is 6.64. The Morgan fingerprint density at radius 2 is 1.78 bits per heavy atom. The molecule has 0 unspecified atom stereocenters. The van der Waals surface area contributed by atoms with Crippen molar-refractivity contribution in [3.05, 3.63) is 76.4 Å². The van der Waals surface area contributed by atoms with Crippen LogP contribution in [0.1, 0.15) is 52.7 Å². The molecule has 0 amide bonds. The molecule has 0 fully saturated rings. The standard InChI is InChI=1S/C23H24O4/c1-26-21(24)12-6-8-17-14-13-16-7-3-4-11-20(16)22(17)18-9-5-10-19(15-18)23(25)27-2/h3-5,7,9-11,15H,6,8,12-14H2,1-2H3. The maximum atomic E-state index is 12.0. The Kier molecular flexibility index (Phi) is 6.07. The van der Waals surface area contributed by atoms with Crippen LogP contribution in [0.25, 0.3) is 5.57 Å². The van der Waals surface area contributed by atoms with E-state index in [0.717, 1.165) is 31.2 Å². The Balaban J connectivity index is 2.01. The Morgan fingerprint density at radius 3 is 2.56 bits per heavy atom. The minimum Gasteiger partial charge on any atom is -0.469 e. The number of esters is 2. The Hall–Kier alpha value is -2.88. The fraction of sp³-hybridized carbons (Fsp3) is 0.304. The van der Waals surface area contributed by atoms with Crippen molar-refractivity contribution >= 4 is 17.5 Å². The highest BCUT2D eigenvalue weighted by atomic mass is 16.5. The number of hydrogen-bond acceptors (Lipinski definition) is 4. The first-order valence-electron chi connectivity index (χ1n) is 9.20. The van der Waals surface area contributed by atoms with Crippen molar-refractivity contribution in [1.82, 2.24) is 0 Å². The van der Waals surface area contributed by atoms with Crippen LogP contribution in [0.5, 0.6) is 0 Å². The largest absolute Gasteiger partial charge is 0.469 e. The number of methoxy groups -OCH3 is 2. The SMILES string of the molecule is COC(=O)CCCC1=C(c2cccc(C(=O)OC)c2)c2ccccc2CC1. The van der Waals surface area contributed by atoms with Gasteiger partial charge in [-0.1, -0.05) is 42.0 Å². The number of hydrogen-bond donors (Lipinski definition) is 0. The van der Waals surface area contributed by atoms with E-state index >= 15 is 0 Å². The van der Waals surface area contributed by atoms with Crippen LogP contribution in [0.2, 0.25) is 0 Å². The van der Waals surface area contributed by atoms with Crippen molar-refractivity contribution in [2.24, 2.45) is 0 Å². The molecule has 0 saturated heterocycles. The molecule has 140 valence electrons. The summed E-state index contributed by atoms with van der Waals surface area (Å²) in [4.78, 5) is 23.4. The molecule has 2 aromatic carbocycles. The van der Waals surface area contributed by atoms with Crippen LogP contribution in [0.4, 0.5) is 0 Å². The van der Waals surface area contributed by atoms with Crippen molar-refractivity contribution in [3.63, 3.8) is 0 Å². The summed E-state index contributed by atoms with van der Waals surface area (Å²) in [6.07, 6.45) is 3.95. The summed E-state index contributed by atoms with van der Waals surface area (Å²) >= 11 is 0. The maximum Gasteiger partial charge on any atom is 0.337 e. The van der Waals surface area contributed by atoms with Gasteiger partial charge in [0, 0.05) is 6.42 Å². The minimum atomic E-state index is -0.339. The van der Waals surface area contributed by atoms with Gasteiger partial charge in [0.2, 0.25) is 0 Å². The lowest BCUT2D eigenvalue weighted by molar-refractivity contribution is -0.140. The predicted molar refractivity (Wildman–Crippen MR) is 104 cm³/mol. The van der Waals surface area contributed by atoms with E-state index in [0.29, 0.717) is 12.0 Å². The lowest BCUT2D eigenvalue weighted by atomic mass is 9.80. The van der Waals surface area contributed by atoms with Gasteiger partial charge in [0.25, 0.3) is 0 Å². The number of rotatable bonds is 6. The van der Waals surface area contributed by atoms with Crippen molar-refractivity contribution in [3.8, 4) is 0 Å². The number of aryl methyl sites for hydroxylation is 1. The highest BCUT2D eigenvalue weighted by molar-refractivity contribution is 5.92. The van der Waals surface area contributed by atoms with Gasteiger partial charge in [0.15, 0.2) is 0 Å². The third-order valence-electron chi connectivity index (χ3n) is 5.00. The molecule has 3 rings (SSSR count). The van der Waals surface area contributed by atoms with E-state index in [1.54, 1.807) is 6.07 Å². The fourth-order valence-electron chi connectivity index (χ4n) is 3.66.